The average molecular weight is 275 g/mol. The van der Waals surface area contributed by atoms with E-state index in [-0.39, 0.29) is 0 Å². The lowest BCUT2D eigenvalue weighted by Gasteiger charge is -2.25. The Morgan fingerprint density at radius 1 is 1.15 bits per heavy atom. The van der Waals surface area contributed by atoms with E-state index in [0.717, 1.165) is 17.6 Å². The second-order valence-corrected chi connectivity index (χ2v) is 7.01. The number of nitrogens with one attached hydrogen (secondary N) is 1. The first-order valence-corrected chi connectivity index (χ1v) is 8.43. The van der Waals surface area contributed by atoms with Crippen LogP contribution in [0.25, 0.3) is 0 Å². The number of fused-ring (bicyclic) bond motifs is 2. The Balaban J connectivity index is 1.43. The molecule has 3 fully saturated rings. The van der Waals surface area contributed by atoms with Crippen LogP contribution in [0.4, 0.5) is 0 Å². The number of hydrogen-bond donors (Lipinski definition) is 1. The van der Waals surface area contributed by atoms with Gasteiger partial charge in [-0.05, 0) is 50.9 Å². The van der Waals surface area contributed by atoms with E-state index in [1.807, 2.05) is 0 Å². The van der Waals surface area contributed by atoms with Crippen LogP contribution >= 0.6 is 0 Å². The van der Waals surface area contributed by atoms with Crippen LogP contribution in [-0.2, 0) is 0 Å². The summed E-state index contributed by atoms with van der Waals surface area (Å²) in [5.74, 6) is 3.82. The molecule has 0 spiro atoms. The van der Waals surface area contributed by atoms with E-state index < -0.39 is 0 Å². The molecule has 20 heavy (non-hydrogen) atoms. The van der Waals surface area contributed by atoms with Gasteiger partial charge in [0.15, 0.2) is 5.82 Å². The van der Waals surface area contributed by atoms with Gasteiger partial charge in [0, 0.05) is 18.0 Å². The molecule has 0 radical (unpaired) electrons. The Hall–Kier alpha value is -0.900. The molecule has 1 aliphatic carbocycles. The van der Waals surface area contributed by atoms with Crippen LogP contribution in [-0.4, -0.2) is 22.2 Å². The van der Waals surface area contributed by atoms with Crippen LogP contribution in [0.3, 0.4) is 0 Å². The summed E-state index contributed by atoms with van der Waals surface area (Å²) in [5, 5.41) is 7.96. The Morgan fingerprint density at radius 2 is 2.00 bits per heavy atom. The molecule has 2 bridgehead atoms. The molecule has 1 saturated carbocycles. The molecular weight excluding hydrogens is 250 g/mol. The van der Waals surface area contributed by atoms with Gasteiger partial charge in [-0.3, -0.25) is 0 Å². The normalized spacial score (nSPS) is 40.4. The highest BCUT2D eigenvalue weighted by Gasteiger charge is 2.42. The van der Waals surface area contributed by atoms with Gasteiger partial charge in [0.1, 0.15) is 0 Å². The third-order valence-electron chi connectivity index (χ3n) is 5.86. The summed E-state index contributed by atoms with van der Waals surface area (Å²) in [6, 6.07) is 1.28. The van der Waals surface area contributed by atoms with Gasteiger partial charge in [0.2, 0.25) is 5.89 Å². The minimum absolute atomic E-state index is 0.474. The maximum absolute atomic E-state index is 5.61. The van der Waals surface area contributed by atoms with Crippen LogP contribution in [0.2, 0.25) is 0 Å². The summed E-state index contributed by atoms with van der Waals surface area (Å²) in [6.45, 7) is 2.31. The third kappa shape index (κ3) is 2.18. The Labute approximate surface area is 120 Å². The summed E-state index contributed by atoms with van der Waals surface area (Å²) in [4.78, 5) is 4.77. The van der Waals surface area contributed by atoms with Crippen molar-refractivity contribution >= 4 is 0 Å². The van der Waals surface area contributed by atoms with E-state index in [9.17, 15) is 0 Å². The lowest BCUT2D eigenvalue weighted by Crippen LogP contribution is -2.21. The minimum atomic E-state index is 0.474. The second-order valence-electron chi connectivity index (χ2n) is 7.01. The van der Waals surface area contributed by atoms with Gasteiger partial charge in [-0.1, -0.05) is 18.5 Å². The molecule has 3 atom stereocenters. The van der Waals surface area contributed by atoms with Crippen molar-refractivity contribution in [2.24, 2.45) is 5.92 Å². The van der Waals surface area contributed by atoms with E-state index in [0.29, 0.717) is 23.9 Å². The number of rotatable bonds is 3. The molecule has 3 unspecified atom stereocenters. The summed E-state index contributed by atoms with van der Waals surface area (Å²) < 4.78 is 5.61. The predicted octanol–water partition coefficient (Wildman–Crippen LogP) is 3.36. The minimum Gasteiger partial charge on any atom is -0.339 e. The summed E-state index contributed by atoms with van der Waals surface area (Å²) in [6.07, 6.45) is 10.3. The van der Waals surface area contributed by atoms with Gasteiger partial charge in [-0.2, -0.15) is 4.98 Å². The molecule has 1 N–H and O–H groups in total. The zero-order valence-corrected chi connectivity index (χ0v) is 12.3. The number of aromatic nitrogens is 2. The zero-order valence-electron chi connectivity index (χ0n) is 12.3. The average Bonchev–Trinajstić information content (AvgIpc) is 3.23. The van der Waals surface area contributed by atoms with Gasteiger partial charge in [0.05, 0.1) is 5.92 Å². The first-order chi connectivity index (χ1) is 9.83. The van der Waals surface area contributed by atoms with Crippen LogP contribution in [0.5, 0.6) is 0 Å². The fourth-order valence-corrected chi connectivity index (χ4v) is 4.49. The SMILES string of the molecule is CCC1CCC(c2noc(C3CC4CCC3N4)n2)CC1. The van der Waals surface area contributed by atoms with E-state index in [1.165, 1.54) is 51.4 Å². The molecule has 2 saturated heterocycles. The molecule has 0 amide bonds. The van der Waals surface area contributed by atoms with Crippen LogP contribution in [0.1, 0.15) is 81.8 Å². The highest BCUT2D eigenvalue weighted by molar-refractivity contribution is 5.11. The van der Waals surface area contributed by atoms with Gasteiger partial charge in [-0.25, -0.2) is 0 Å². The largest absolute Gasteiger partial charge is 0.339 e. The highest BCUT2D eigenvalue weighted by Crippen LogP contribution is 2.41. The van der Waals surface area contributed by atoms with E-state index in [4.69, 9.17) is 9.51 Å². The van der Waals surface area contributed by atoms with Crippen molar-refractivity contribution in [2.75, 3.05) is 0 Å². The second kappa shape index (κ2) is 5.14. The lowest BCUT2D eigenvalue weighted by atomic mass is 9.80. The van der Waals surface area contributed by atoms with Gasteiger partial charge >= 0.3 is 0 Å². The maximum Gasteiger partial charge on any atom is 0.231 e. The van der Waals surface area contributed by atoms with E-state index in [2.05, 4.69) is 17.4 Å². The van der Waals surface area contributed by atoms with Crippen molar-refractivity contribution in [3.8, 4) is 0 Å². The third-order valence-corrected chi connectivity index (χ3v) is 5.86. The summed E-state index contributed by atoms with van der Waals surface area (Å²) in [7, 11) is 0. The van der Waals surface area contributed by atoms with Gasteiger partial charge < -0.3 is 9.84 Å². The van der Waals surface area contributed by atoms with Crippen LogP contribution < -0.4 is 5.32 Å². The molecule has 4 rings (SSSR count). The van der Waals surface area contributed by atoms with Crippen molar-refractivity contribution in [3.63, 3.8) is 0 Å². The standard InChI is InChI=1S/C16H25N3O/c1-2-10-3-5-11(6-4-10)15-18-16(20-19-15)13-9-12-7-8-14(13)17-12/h10-14,17H,2-9H2,1H3. The number of nitrogens with zero attached hydrogens (tertiary/aromatic N) is 2. The molecule has 3 aliphatic rings. The topological polar surface area (TPSA) is 51.0 Å². The molecule has 1 aromatic heterocycles. The van der Waals surface area contributed by atoms with Gasteiger partial charge in [0.25, 0.3) is 0 Å². The van der Waals surface area contributed by atoms with Crippen molar-refractivity contribution in [1.29, 1.82) is 0 Å². The number of hydrogen-bond acceptors (Lipinski definition) is 4. The monoisotopic (exact) mass is 275 g/mol. The Bertz CT molecular complexity index is 464. The summed E-state index contributed by atoms with van der Waals surface area (Å²) in [5.41, 5.74) is 0. The molecule has 4 heteroatoms. The van der Waals surface area contributed by atoms with E-state index >= 15 is 0 Å². The highest BCUT2D eigenvalue weighted by atomic mass is 16.5. The maximum atomic E-state index is 5.61. The van der Waals surface area contributed by atoms with Crippen molar-refractivity contribution < 1.29 is 4.52 Å². The lowest BCUT2D eigenvalue weighted by molar-refractivity contribution is 0.298. The van der Waals surface area contributed by atoms with Crippen molar-refractivity contribution in [2.45, 2.75) is 82.2 Å². The van der Waals surface area contributed by atoms with Crippen LogP contribution in [0.15, 0.2) is 4.52 Å². The molecule has 2 aliphatic heterocycles. The van der Waals surface area contributed by atoms with E-state index in [1.54, 1.807) is 0 Å². The quantitative estimate of drug-likeness (QED) is 0.919. The Kier molecular flexibility index (Phi) is 3.29. The molecule has 0 aromatic carbocycles. The van der Waals surface area contributed by atoms with Crippen molar-refractivity contribution in [3.05, 3.63) is 11.7 Å². The predicted molar refractivity (Wildman–Crippen MR) is 76.6 cm³/mol. The van der Waals surface area contributed by atoms with Crippen molar-refractivity contribution in [1.82, 2.24) is 15.5 Å². The molecule has 3 heterocycles. The molecule has 1 aromatic rings. The zero-order chi connectivity index (χ0) is 13.5. The first-order valence-electron chi connectivity index (χ1n) is 8.43. The molecular formula is C16H25N3O. The fraction of sp³-hybridized carbons (Fsp3) is 0.875. The van der Waals surface area contributed by atoms with Gasteiger partial charge in [-0.15, -0.1) is 0 Å². The molecule has 110 valence electrons. The first kappa shape index (κ1) is 12.8. The van der Waals surface area contributed by atoms with Crippen LogP contribution in [0, 0.1) is 5.92 Å². The smallest absolute Gasteiger partial charge is 0.231 e. The summed E-state index contributed by atoms with van der Waals surface area (Å²) >= 11 is 0. The molecule has 4 nitrogen and oxygen atoms in total. The fourth-order valence-electron chi connectivity index (χ4n) is 4.49. The Morgan fingerprint density at radius 3 is 2.65 bits per heavy atom.